The van der Waals surface area contributed by atoms with Crippen LogP contribution in [0.2, 0.25) is 0 Å². The molecule has 1 aromatic carbocycles. The van der Waals surface area contributed by atoms with Crippen LogP contribution in [0.25, 0.3) is 5.57 Å². The van der Waals surface area contributed by atoms with Crippen molar-refractivity contribution in [3.63, 3.8) is 0 Å². The fourth-order valence-electron chi connectivity index (χ4n) is 2.30. The Labute approximate surface area is 104 Å². The molecule has 0 heterocycles. The first-order chi connectivity index (χ1) is 8.25. The molecule has 1 aromatic rings. The van der Waals surface area contributed by atoms with E-state index in [1.54, 1.807) is 0 Å². The van der Waals surface area contributed by atoms with E-state index >= 15 is 0 Å². The van der Waals surface area contributed by atoms with Gasteiger partial charge >= 0.3 is 0 Å². The summed E-state index contributed by atoms with van der Waals surface area (Å²) in [6, 6.07) is 8.55. The molecule has 0 spiro atoms. The lowest BCUT2D eigenvalue weighted by molar-refractivity contribution is 0.242. The fourth-order valence-corrected chi connectivity index (χ4v) is 2.30. The maximum absolute atomic E-state index is 5.66. The van der Waals surface area contributed by atoms with Crippen LogP contribution in [0, 0.1) is 0 Å². The molecule has 2 rings (SSSR count). The average molecular weight is 230 g/mol. The molecule has 0 saturated carbocycles. The van der Waals surface area contributed by atoms with Gasteiger partial charge in [0, 0.05) is 0 Å². The predicted octanol–water partition coefficient (Wildman–Crippen LogP) is 4.82. The largest absolute Gasteiger partial charge is 0.491 e. The van der Waals surface area contributed by atoms with Crippen molar-refractivity contribution >= 4 is 5.57 Å². The van der Waals surface area contributed by atoms with E-state index in [0.29, 0.717) is 0 Å². The van der Waals surface area contributed by atoms with Crippen molar-refractivity contribution in [2.75, 3.05) is 0 Å². The molecule has 0 unspecified atom stereocenters. The number of allylic oxidation sites excluding steroid dienone is 2. The van der Waals surface area contributed by atoms with Gasteiger partial charge in [-0.15, -0.1) is 0 Å². The molecule has 0 bridgehead atoms. The standard InChI is InChI=1S/C16H22O/c1-13(2)17-16-11-9-15(10-12-16)14-7-5-3-4-6-8-14/h7,9-13H,3-6,8H2,1-2H3. The lowest BCUT2D eigenvalue weighted by Gasteiger charge is -2.11. The van der Waals surface area contributed by atoms with Gasteiger partial charge in [-0.1, -0.05) is 24.6 Å². The van der Waals surface area contributed by atoms with Gasteiger partial charge in [0.1, 0.15) is 5.75 Å². The quantitative estimate of drug-likeness (QED) is 0.723. The predicted molar refractivity (Wildman–Crippen MR) is 73.3 cm³/mol. The topological polar surface area (TPSA) is 9.23 Å². The van der Waals surface area contributed by atoms with Crippen molar-refractivity contribution in [2.24, 2.45) is 0 Å². The van der Waals surface area contributed by atoms with Crippen molar-refractivity contribution in [3.05, 3.63) is 35.9 Å². The molecule has 0 amide bonds. The van der Waals surface area contributed by atoms with Crippen LogP contribution in [-0.2, 0) is 0 Å². The summed E-state index contributed by atoms with van der Waals surface area (Å²) in [5.41, 5.74) is 2.88. The first-order valence-corrected chi connectivity index (χ1v) is 6.72. The zero-order chi connectivity index (χ0) is 12.1. The van der Waals surface area contributed by atoms with Crippen molar-refractivity contribution in [1.82, 2.24) is 0 Å². The SMILES string of the molecule is CC(C)Oc1ccc(C2=CCCCCC2)cc1. The van der Waals surface area contributed by atoms with E-state index < -0.39 is 0 Å². The smallest absolute Gasteiger partial charge is 0.119 e. The Bertz CT molecular complexity index is 373. The van der Waals surface area contributed by atoms with E-state index in [-0.39, 0.29) is 6.10 Å². The number of ether oxygens (including phenoxy) is 1. The molecule has 1 aliphatic carbocycles. The summed E-state index contributed by atoms with van der Waals surface area (Å²) in [4.78, 5) is 0. The summed E-state index contributed by atoms with van der Waals surface area (Å²) in [6.07, 6.45) is 9.16. The highest BCUT2D eigenvalue weighted by Crippen LogP contribution is 2.27. The summed E-state index contributed by atoms with van der Waals surface area (Å²) in [7, 11) is 0. The third-order valence-electron chi connectivity index (χ3n) is 3.14. The first kappa shape index (κ1) is 12.2. The van der Waals surface area contributed by atoms with Gasteiger partial charge in [-0.3, -0.25) is 0 Å². The van der Waals surface area contributed by atoms with E-state index in [9.17, 15) is 0 Å². The second kappa shape index (κ2) is 5.90. The van der Waals surface area contributed by atoms with Crippen LogP contribution >= 0.6 is 0 Å². The number of hydrogen-bond donors (Lipinski definition) is 0. The maximum Gasteiger partial charge on any atom is 0.119 e. The molecule has 17 heavy (non-hydrogen) atoms. The van der Waals surface area contributed by atoms with Gasteiger partial charge in [0.15, 0.2) is 0 Å². The lowest BCUT2D eigenvalue weighted by atomic mass is 10.0. The molecule has 0 aliphatic heterocycles. The van der Waals surface area contributed by atoms with Gasteiger partial charge in [-0.2, -0.15) is 0 Å². The van der Waals surface area contributed by atoms with Crippen LogP contribution in [0.3, 0.4) is 0 Å². The Hall–Kier alpha value is -1.24. The van der Waals surface area contributed by atoms with Crippen LogP contribution < -0.4 is 4.74 Å². The molecule has 0 aromatic heterocycles. The number of rotatable bonds is 3. The van der Waals surface area contributed by atoms with E-state index in [1.807, 2.05) is 0 Å². The van der Waals surface area contributed by atoms with Crippen LogP contribution in [0.15, 0.2) is 30.3 Å². The minimum Gasteiger partial charge on any atom is -0.491 e. The Morgan fingerprint density at radius 3 is 2.47 bits per heavy atom. The Morgan fingerprint density at radius 1 is 1.00 bits per heavy atom. The normalized spacial score (nSPS) is 16.5. The van der Waals surface area contributed by atoms with E-state index in [2.05, 4.69) is 44.2 Å². The summed E-state index contributed by atoms with van der Waals surface area (Å²) in [5.74, 6) is 0.970. The molecule has 1 heteroatoms. The number of benzene rings is 1. The van der Waals surface area contributed by atoms with Gasteiger partial charge in [0.25, 0.3) is 0 Å². The van der Waals surface area contributed by atoms with Crippen molar-refractivity contribution in [2.45, 2.75) is 52.1 Å². The van der Waals surface area contributed by atoms with E-state index in [0.717, 1.165) is 5.75 Å². The van der Waals surface area contributed by atoms with Crippen LogP contribution in [0.4, 0.5) is 0 Å². The maximum atomic E-state index is 5.66. The van der Waals surface area contributed by atoms with Gasteiger partial charge in [0.05, 0.1) is 6.10 Å². The molecular formula is C16H22O. The van der Waals surface area contributed by atoms with E-state index in [4.69, 9.17) is 4.74 Å². The van der Waals surface area contributed by atoms with Crippen molar-refractivity contribution in [3.8, 4) is 5.75 Å². The zero-order valence-corrected chi connectivity index (χ0v) is 10.9. The number of hydrogen-bond acceptors (Lipinski definition) is 1. The lowest BCUT2D eigenvalue weighted by Crippen LogP contribution is -2.05. The molecule has 0 fully saturated rings. The molecule has 0 N–H and O–H groups in total. The third-order valence-corrected chi connectivity index (χ3v) is 3.14. The van der Waals surface area contributed by atoms with Gasteiger partial charge in [0.2, 0.25) is 0 Å². The van der Waals surface area contributed by atoms with Gasteiger partial charge in [-0.05, 0) is 62.8 Å². The van der Waals surface area contributed by atoms with Crippen LogP contribution in [-0.4, -0.2) is 6.10 Å². The molecule has 92 valence electrons. The summed E-state index contributed by atoms with van der Waals surface area (Å²) in [6.45, 7) is 4.11. The first-order valence-electron chi connectivity index (χ1n) is 6.72. The highest BCUT2D eigenvalue weighted by Gasteiger charge is 2.05. The van der Waals surface area contributed by atoms with Crippen molar-refractivity contribution < 1.29 is 4.74 Å². The molecule has 0 radical (unpaired) electrons. The Kier molecular flexibility index (Phi) is 4.24. The second-order valence-corrected chi connectivity index (χ2v) is 5.02. The fraction of sp³-hybridized carbons (Fsp3) is 0.500. The minimum absolute atomic E-state index is 0.248. The van der Waals surface area contributed by atoms with Crippen LogP contribution in [0.5, 0.6) is 5.75 Å². The minimum atomic E-state index is 0.248. The average Bonchev–Trinajstić information content (AvgIpc) is 2.58. The van der Waals surface area contributed by atoms with Crippen LogP contribution in [0.1, 0.15) is 51.5 Å². The third kappa shape index (κ3) is 3.62. The molecule has 0 atom stereocenters. The Morgan fingerprint density at radius 2 is 1.76 bits per heavy atom. The highest BCUT2D eigenvalue weighted by molar-refractivity contribution is 5.66. The van der Waals surface area contributed by atoms with Gasteiger partial charge in [-0.25, -0.2) is 0 Å². The summed E-state index contributed by atoms with van der Waals surface area (Å²) in [5, 5.41) is 0. The molecule has 1 aliphatic rings. The second-order valence-electron chi connectivity index (χ2n) is 5.02. The Balaban J connectivity index is 2.08. The van der Waals surface area contributed by atoms with Crippen molar-refractivity contribution in [1.29, 1.82) is 0 Å². The summed E-state index contributed by atoms with van der Waals surface area (Å²) < 4.78 is 5.66. The zero-order valence-electron chi connectivity index (χ0n) is 10.9. The molecular weight excluding hydrogens is 208 g/mol. The highest BCUT2D eigenvalue weighted by atomic mass is 16.5. The molecule has 1 nitrogen and oxygen atoms in total. The van der Waals surface area contributed by atoms with Gasteiger partial charge < -0.3 is 4.74 Å². The molecule has 0 saturated heterocycles. The monoisotopic (exact) mass is 230 g/mol. The van der Waals surface area contributed by atoms with E-state index in [1.165, 1.54) is 43.2 Å². The summed E-state index contributed by atoms with van der Waals surface area (Å²) >= 11 is 0.